The fourth-order valence-electron chi connectivity index (χ4n) is 0.979. The molecule has 1 rings (SSSR count). The molecule has 3 N–H and O–H groups in total. The summed E-state index contributed by atoms with van der Waals surface area (Å²) in [4.78, 5) is 26.4. The third-order valence-electron chi connectivity index (χ3n) is 1.84. The van der Waals surface area contributed by atoms with Gasteiger partial charge in [-0.25, -0.2) is 0 Å². The van der Waals surface area contributed by atoms with Crippen LogP contribution in [0.2, 0.25) is 0 Å². The summed E-state index contributed by atoms with van der Waals surface area (Å²) in [5.41, 5.74) is -0.402. The molecule has 0 aliphatic rings. The summed E-state index contributed by atoms with van der Waals surface area (Å²) < 4.78 is 0.167. The van der Waals surface area contributed by atoms with Gasteiger partial charge in [0.15, 0.2) is 4.77 Å². The molecule has 0 saturated carbocycles. The number of carbonyl (C=O) groups is 1. The Morgan fingerprint density at radius 1 is 1.56 bits per heavy atom. The van der Waals surface area contributed by atoms with Gasteiger partial charge in [-0.3, -0.25) is 19.7 Å². The van der Waals surface area contributed by atoms with Gasteiger partial charge in [0.25, 0.3) is 5.56 Å². The van der Waals surface area contributed by atoms with Gasteiger partial charge >= 0.3 is 0 Å². The minimum atomic E-state index is -0.402. The molecule has 7 nitrogen and oxygen atoms in total. The van der Waals surface area contributed by atoms with Crippen LogP contribution in [0.1, 0.15) is 6.42 Å². The second-order valence-corrected chi connectivity index (χ2v) is 3.73. The van der Waals surface area contributed by atoms with Gasteiger partial charge in [-0.05, 0) is 12.2 Å². The normalized spacial score (nSPS) is 9.88. The number of amides is 1. The third-order valence-corrected chi connectivity index (χ3v) is 2.03. The molecule has 0 spiro atoms. The van der Waals surface area contributed by atoms with Gasteiger partial charge in [0.2, 0.25) is 11.7 Å². The van der Waals surface area contributed by atoms with E-state index in [9.17, 15) is 9.59 Å². The topological polar surface area (TPSA) is 93.9 Å². The summed E-state index contributed by atoms with van der Waals surface area (Å²) in [6.07, 6.45) is 0.295. The lowest BCUT2D eigenvalue weighted by Gasteiger charge is -2.10. The van der Waals surface area contributed by atoms with Crippen molar-refractivity contribution in [3.63, 3.8) is 0 Å². The van der Waals surface area contributed by atoms with E-state index >= 15 is 0 Å². The van der Waals surface area contributed by atoms with E-state index in [2.05, 4.69) is 32.7 Å². The first-order chi connectivity index (χ1) is 7.50. The van der Waals surface area contributed by atoms with Crippen molar-refractivity contribution < 1.29 is 4.79 Å². The molecule has 0 fully saturated rings. The molecule has 0 aliphatic heterocycles. The highest BCUT2D eigenvalue weighted by molar-refractivity contribution is 7.71. The predicted octanol–water partition coefficient (Wildman–Crippen LogP) is -0.282. The lowest BCUT2D eigenvalue weighted by Crippen LogP contribution is -2.25. The number of carbonyl (C=O) groups excluding carboxylic acids is 1. The summed E-state index contributed by atoms with van der Waals surface area (Å²) in [5.74, 6) is 0.105. The molecule has 1 aromatic heterocycles. The fourth-order valence-corrected chi connectivity index (χ4v) is 1.12. The molecule has 0 radical (unpaired) electrons. The Morgan fingerprint density at radius 2 is 2.25 bits per heavy atom. The minimum absolute atomic E-state index is 0.0206. The first-order valence-corrected chi connectivity index (χ1v) is 5.04. The lowest BCUT2D eigenvalue weighted by molar-refractivity contribution is -0.128. The SMILES string of the molecule is CN(C)C(=O)CCNc1n[nH]c(=S)[nH]c1=O. The van der Waals surface area contributed by atoms with Crippen LogP contribution in [0.4, 0.5) is 5.82 Å². The maximum atomic E-state index is 11.3. The zero-order valence-corrected chi connectivity index (χ0v) is 9.85. The van der Waals surface area contributed by atoms with Crippen molar-refractivity contribution in [2.45, 2.75) is 6.42 Å². The van der Waals surface area contributed by atoms with Crippen molar-refractivity contribution in [2.75, 3.05) is 26.0 Å². The quantitative estimate of drug-likeness (QED) is 0.632. The van der Waals surface area contributed by atoms with Crippen LogP contribution in [0.5, 0.6) is 0 Å². The van der Waals surface area contributed by atoms with Crippen LogP contribution < -0.4 is 10.9 Å². The Bertz CT molecular complexity index is 478. The number of aromatic nitrogens is 3. The molecule has 0 atom stereocenters. The van der Waals surface area contributed by atoms with Gasteiger partial charge in [0.1, 0.15) is 0 Å². The standard InChI is InChI=1S/C8H13N5O2S/c1-13(2)5(14)3-4-9-6-7(15)10-8(16)12-11-6/h3-4H2,1-2H3,(H,9,11)(H2,10,12,15,16). The van der Waals surface area contributed by atoms with E-state index in [4.69, 9.17) is 0 Å². The minimum Gasteiger partial charge on any atom is -0.364 e. The van der Waals surface area contributed by atoms with Gasteiger partial charge in [-0.1, -0.05) is 0 Å². The number of hydrogen-bond donors (Lipinski definition) is 3. The maximum absolute atomic E-state index is 11.3. The molecule has 16 heavy (non-hydrogen) atoms. The van der Waals surface area contributed by atoms with Crippen LogP contribution in [-0.2, 0) is 4.79 Å². The second-order valence-electron chi connectivity index (χ2n) is 3.32. The molecule has 0 unspecified atom stereocenters. The summed E-state index contributed by atoms with van der Waals surface area (Å²) in [6, 6.07) is 0. The van der Waals surface area contributed by atoms with Gasteiger partial charge in [-0.15, -0.1) is 5.10 Å². The first kappa shape index (κ1) is 12.4. The Hall–Kier alpha value is -1.70. The molecule has 0 aromatic carbocycles. The van der Waals surface area contributed by atoms with E-state index in [1.54, 1.807) is 14.1 Å². The average molecular weight is 243 g/mol. The summed E-state index contributed by atoms with van der Waals surface area (Å²) in [7, 11) is 3.35. The van der Waals surface area contributed by atoms with Crippen molar-refractivity contribution in [3.05, 3.63) is 15.1 Å². The Balaban J connectivity index is 2.53. The Labute approximate surface area is 96.9 Å². The van der Waals surface area contributed by atoms with Crippen LogP contribution in [0, 0.1) is 4.77 Å². The van der Waals surface area contributed by atoms with Gasteiger partial charge < -0.3 is 10.2 Å². The second kappa shape index (κ2) is 5.40. The van der Waals surface area contributed by atoms with E-state index in [0.29, 0.717) is 13.0 Å². The largest absolute Gasteiger partial charge is 0.364 e. The average Bonchev–Trinajstić information content (AvgIpc) is 2.20. The molecular weight excluding hydrogens is 230 g/mol. The van der Waals surface area contributed by atoms with E-state index in [1.165, 1.54) is 4.90 Å². The third kappa shape index (κ3) is 3.46. The number of nitrogens with zero attached hydrogens (tertiary/aromatic N) is 2. The number of hydrogen-bond acceptors (Lipinski definition) is 5. The number of rotatable bonds is 4. The predicted molar refractivity (Wildman–Crippen MR) is 61.8 cm³/mol. The zero-order valence-electron chi connectivity index (χ0n) is 9.03. The summed E-state index contributed by atoms with van der Waals surface area (Å²) >= 11 is 4.69. The monoisotopic (exact) mass is 243 g/mol. The first-order valence-electron chi connectivity index (χ1n) is 4.63. The number of anilines is 1. The molecular formula is C8H13N5O2S. The van der Waals surface area contributed by atoms with Gasteiger partial charge in [0, 0.05) is 27.1 Å². The van der Waals surface area contributed by atoms with Crippen LogP contribution in [-0.4, -0.2) is 46.6 Å². The fraction of sp³-hybridized carbons (Fsp3) is 0.500. The molecule has 1 heterocycles. The van der Waals surface area contributed by atoms with Crippen LogP contribution >= 0.6 is 12.2 Å². The maximum Gasteiger partial charge on any atom is 0.294 e. The Kier molecular flexibility index (Phi) is 4.18. The van der Waals surface area contributed by atoms with E-state index in [0.717, 1.165) is 0 Å². The molecule has 1 amide bonds. The highest BCUT2D eigenvalue weighted by Crippen LogP contribution is 1.91. The zero-order chi connectivity index (χ0) is 12.1. The number of nitrogens with one attached hydrogen (secondary N) is 3. The highest BCUT2D eigenvalue weighted by atomic mass is 32.1. The van der Waals surface area contributed by atoms with E-state index in [1.807, 2.05) is 0 Å². The van der Waals surface area contributed by atoms with E-state index in [-0.39, 0.29) is 16.5 Å². The number of H-pyrrole nitrogens is 2. The molecule has 0 bridgehead atoms. The highest BCUT2D eigenvalue weighted by Gasteiger charge is 2.04. The van der Waals surface area contributed by atoms with Crippen LogP contribution in [0.25, 0.3) is 0 Å². The number of aromatic amines is 2. The van der Waals surface area contributed by atoms with E-state index < -0.39 is 5.56 Å². The van der Waals surface area contributed by atoms with Crippen molar-refractivity contribution in [2.24, 2.45) is 0 Å². The molecule has 1 aromatic rings. The molecule has 88 valence electrons. The van der Waals surface area contributed by atoms with Crippen LogP contribution in [0.15, 0.2) is 4.79 Å². The van der Waals surface area contributed by atoms with Crippen molar-refractivity contribution >= 4 is 23.9 Å². The smallest absolute Gasteiger partial charge is 0.294 e. The lowest BCUT2D eigenvalue weighted by atomic mass is 10.4. The van der Waals surface area contributed by atoms with Crippen LogP contribution in [0.3, 0.4) is 0 Å². The summed E-state index contributed by atoms with van der Waals surface area (Å²) in [5, 5.41) is 8.91. The molecule has 0 saturated heterocycles. The van der Waals surface area contributed by atoms with Gasteiger partial charge in [0.05, 0.1) is 0 Å². The summed E-state index contributed by atoms with van der Waals surface area (Å²) in [6.45, 7) is 0.345. The van der Waals surface area contributed by atoms with Gasteiger partial charge in [-0.2, -0.15) is 0 Å². The molecule has 8 heteroatoms. The Morgan fingerprint density at radius 3 is 2.81 bits per heavy atom. The molecule has 0 aliphatic carbocycles. The van der Waals surface area contributed by atoms with Crippen molar-refractivity contribution in [1.29, 1.82) is 0 Å². The van der Waals surface area contributed by atoms with Crippen molar-refractivity contribution in [3.8, 4) is 0 Å². The van der Waals surface area contributed by atoms with Crippen molar-refractivity contribution in [1.82, 2.24) is 20.1 Å².